The predicted molar refractivity (Wildman–Crippen MR) is 64.5 cm³/mol. The minimum absolute atomic E-state index is 0.0690. The van der Waals surface area contributed by atoms with Crippen LogP contribution in [0, 0.1) is 13.8 Å². The van der Waals surface area contributed by atoms with Gasteiger partial charge in [-0.25, -0.2) is 4.79 Å². The average molecular weight is 270 g/mol. The molecule has 3 N–H and O–H groups in total. The van der Waals surface area contributed by atoms with Crippen LogP contribution in [0.3, 0.4) is 0 Å². The maximum Gasteiger partial charge on any atom is 0.326 e. The molecule has 2 aromatic rings. The fourth-order valence-electron chi connectivity index (χ4n) is 1.86. The molecule has 0 saturated carbocycles. The zero-order chi connectivity index (χ0) is 13.7. The average Bonchev–Trinajstić information content (AvgIpc) is 2.20. The van der Waals surface area contributed by atoms with E-state index in [1.807, 2.05) is 0 Å². The predicted octanol–water partition coefficient (Wildman–Crippen LogP) is 0.0799. The molecule has 96 valence electrons. The third-order valence-corrected chi connectivity index (χ3v) is 3.81. The number of hydrogen-bond acceptors (Lipinski definition) is 4. The van der Waals surface area contributed by atoms with Crippen molar-refractivity contribution < 1.29 is 13.0 Å². The number of fused-ring (bicyclic) bond motifs is 1. The van der Waals surface area contributed by atoms with E-state index in [0.717, 1.165) is 6.07 Å². The Morgan fingerprint density at radius 1 is 1.11 bits per heavy atom. The number of aryl methyl sites for hydroxylation is 1. The van der Waals surface area contributed by atoms with Gasteiger partial charge in [0.05, 0.1) is 15.8 Å². The van der Waals surface area contributed by atoms with Crippen molar-refractivity contribution in [3.63, 3.8) is 0 Å². The Labute approximate surface area is 101 Å². The van der Waals surface area contributed by atoms with E-state index >= 15 is 0 Å². The van der Waals surface area contributed by atoms with Gasteiger partial charge in [-0.3, -0.25) is 14.3 Å². The number of hydrogen-bond donors (Lipinski definition) is 3. The smallest absolute Gasteiger partial charge is 0.307 e. The maximum absolute atomic E-state index is 11.6. The molecule has 0 fully saturated rings. The lowest BCUT2D eigenvalue weighted by Gasteiger charge is -2.09. The summed E-state index contributed by atoms with van der Waals surface area (Å²) in [5.74, 6) is 0. The lowest BCUT2D eigenvalue weighted by atomic mass is 10.1. The van der Waals surface area contributed by atoms with Crippen LogP contribution in [0.4, 0.5) is 0 Å². The molecule has 0 aliphatic heterocycles. The Bertz CT molecular complexity index is 860. The molecular weight excluding hydrogens is 260 g/mol. The largest absolute Gasteiger partial charge is 0.326 e. The van der Waals surface area contributed by atoms with Crippen LogP contribution in [-0.2, 0) is 10.1 Å². The van der Waals surface area contributed by atoms with Crippen LogP contribution in [0.25, 0.3) is 10.9 Å². The number of benzene rings is 1. The Morgan fingerprint density at radius 3 is 2.28 bits per heavy atom. The normalized spacial score (nSPS) is 11.9. The van der Waals surface area contributed by atoms with Gasteiger partial charge >= 0.3 is 5.69 Å². The van der Waals surface area contributed by atoms with Gasteiger partial charge in [-0.1, -0.05) is 0 Å². The third-order valence-electron chi connectivity index (χ3n) is 2.83. The molecule has 0 aliphatic rings. The van der Waals surface area contributed by atoms with Gasteiger partial charge in [-0.15, -0.1) is 0 Å². The summed E-state index contributed by atoms with van der Waals surface area (Å²) in [6, 6.07) is 1.07. The van der Waals surface area contributed by atoms with E-state index in [1.54, 1.807) is 6.92 Å². The first-order valence-electron chi connectivity index (χ1n) is 4.96. The van der Waals surface area contributed by atoms with E-state index in [1.165, 1.54) is 6.92 Å². The molecule has 0 atom stereocenters. The zero-order valence-electron chi connectivity index (χ0n) is 9.57. The van der Waals surface area contributed by atoms with Gasteiger partial charge < -0.3 is 4.98 Å². The Morgan fingerprint density at radius 2 is 1.72 bits per heavy atom. The number of H-pyrrole nitrogens is 2. The molecule has 0 bridgehead atoms. The molecule has 0 spiro atoms. The molecule has 18 heavy (non-hydrogen) atoms. The highest BCUT2D eigenvalue weighted by Crippen LogP contribution is 2.23. The van der Waals surface area contributed by atoms with Crippen LogP contribution >= 0.6 is 0 Å². The molecule has 1 aromatic carbocycles. The van der Waals surface area contributed by atoms with Crippen LogP contribution in [0.2, 0.25) is 0 Å². The van der Waals surface area contributed by atoms with E-state index in [9.17, 15) is 18.0 Å². The first-order chi connectivity index (χ1) is 8.21. The van der Waals surface area contributed by atoms with E-state index in [-0.39, 0.29) is 21.4 Å². The summed E-state index contributed by atoms with van der Waals surface area (Å²) < 4.78 is 31.5. The van der Waals surface area contributed by atoms with Gasteiger partial charge in [0.2, 0.25) is 0 Å². The molecular formula is C10H10N2O5S. The van der Waals surface area contributed by atoms with Crippen molar-refractivity contribution in [3.8, 4) is 0 Å². The molecule has 8 heteroatoms. The number of aromatic nitrogens is 2. The molecule has 0 radical (unpaired) electrons. The van der Waals surface area contributed by atoms with Crippen LogP contribution in [0.15, 0.2) is 20.6 Å². The second-order valence-corrected chi connectivity index (χ2v) is 5.32. The minimum atomic E-state index is -4.41. The van der Waals surface area contributed by atoms with E-state index < -0.39 is 21.4 Å². The van der Waals surface area contributed by atoms with E-state index in [4.69, 9.17) is 4.55 Å². The Hall–Kier alpha value is -1.93. The SMILES string of the molecule is Cc1c(S(=O)(=O)O)cc2[nH]c(=O)[nH]c(=O)c2c1C. The van der Waals surface area contributed by atoms with Gasteiger partial charge in [0.25, 0.3) is 15.7 Å². The Kier molecular flexibility index (Phi) is 2.63. The lowest BCUT2D eigenvalue weighted by Crippen LogP contribution is -2.23. The fourth-order valence-corrected chi connectivity index (χ4v) is 2.67. The number of aromatic amines is 2. The standard InChI is InChI=1S/C10H10N2O5S/c1-4-5(2)8-6(3-7(4)18(15,16)17)11-10(14)12-9(8)13/h3H,1-2H3,(H,15,16,17)(H2,11,12,13,14). The highest BCUT2D eigenvalue weighted by molar-refractivity contribution is 7.85. The zero-order valence-corrected chi connectivity index (χ0v) is 10.4. The van der Waals surface area contributed by atoms with Crippen molar-refractivity contribution in [3.05, 3.63) is 38.0 Å². The molecule has 1 aromatic heterocycles. The van der Waals surface area contributed by atoms with Crippen molar-refractivity contribution >= 4 is 21.0 Å². The fraction of sp³-hybridized carbons (Fsp3) is 0.200. The van der Waals surface area contributed by atoms with Gasteiger partial charge in [0, 0.05) is 0 Å². The van der Waals surface area contributed by atoms with Crippen LogP contribution in [0.1, 0.15) is 11.1 Å². The topological polar surface area (TPSA) is 120 Å². The number of nitrogens with one attached hydrogen (secondary N) is 2. The van der Waals surface area contributed by atoms with Crippen molar-refractivity contribution in [1.82, 2.24) is 9.97 Å². The summed E-state index contributed by atoms with van der Waals surface area (Å²) >= 11 is 0. The van der Waals surface area contributed by atoms with Crippen molar-refractivity contribution in [2.24, 2.45) is 0 Å². The first kappa shape index (κ1) is 12.5. The summed E-state index contributed by atoms with van der Waals surface area (Å²) in [4.78, 5) is 26.8. The van der Waals surface area contributed by atoms with Crippen LogP contribution in [-0.4, -0.2) is 22.9 Å². The molecule has 0 unspecified atom stereocenters. The summed E-state index contributed by atoms with van der Waals surface area (Å²) in [6.45, 7) is 3.02. The van der Waals surface area contributed by atoms with E-state index in [0.29, 0.717) is 5.56 Å². The Balaban J connectivity index is 3.12. The second kappa shape index (κ2) is 3.79. The van der Waals surface area contributed by atoms with E-state index in [2.05, 4.69) is 9.97 Å². The second-order valence-electron chi connectivity index (χ2n) is 3.93. The van der Waals surface area contributed by atoms with Gasteiger partial charge in [0.1, 0.15) is 0 Å². The van der Waals surface area contributed by atoms with Crippen LogP contribution < -0.4 is 11.2 Å². The van der Waals surface area contributed by atoms with Crippen LogP contribution in [0.5, 0.6) is 0 Å². The summed E-state index contributed by atoms with van der Waals surface area (Å²) in [5.41, 5.74) is -0.618. The number of rotatable bonds is 1. The highest BCUT2D eigenvalue weighted by atomic mass is 32.2. The third kappa shape index (κ3) is 1.85. The molecule has 2 rings (SSSR count). The van der Waals surface area contributed by atoms with Crippen molar-refractivity contribution in [2.45, 2.75) is 18.7 Å². The summed E-state index contributed by atoms with van der Waals surface area (Å²) in [6.07, 6.45) is 0. The minimum Gasteiger partial charge on any atom is -0.307 e. The molecule has 0 saturated heterocycles. The van der Waals surface area contributed by atoms with Gasteiger partial charge in [-0.05, 0) is 31.0 Å². The lowest BCUT2D eigenvalue weighted by molar-refractivity contribution is 0.482. The monoisotopic (exact) mass is 270 g/mol. The van der Waals surface area contributed by atoms with Crippen molar-refractivity contribution in [1.29, 1.82) is 0 Å². The van der Waals surface area contributed by atoms with Gasteiger partial charge in [-0.2, -0.15) is 8.42 Å². The highest BCUT2D eigenvalue weighted by Gasteiger charge is 2.18. The van der Waals surface area contributed by atoms with Gasteiger partial charge in [0.15, 0.2) is 0 Å². The summed E-state index contributed by atoms with van der Waals surface area (Å²) in [7, 11) is -4.41. The molecule has 0 aliphatic carbocycles. The summed E-state index contributed by atoms with van der Waals surface area (Å²) in [5, 5.41) is 0.194. The molecule has 1 heterocycles. The quantitative estimate of drug-likeness (QED) is 0.634. The molecule has 0 amide bonds. The van der Waals surface area contributed by atoms with Crippen molar-refractivity contribution in [2.75, 3.05) is 0 Å². The first-order valence-corrected chi connectivity index (χ1v) is 6.40. The maximum atomic E-state index is 11.6. The molecule has 7 nitrogen and oxygen atoms in total.